The molecule has 1 heterocycles. The number of ketones is 1. The van der Waals surface area contributed by atoms with Gasteiger partial charge in [-0.05, 0) is 31.0 Å². The van der Waals surface area contributed by atoms with E-state index < -0.39 is 5.76 Å². The number of hydrogen-bond acceptors (Lipinski definition) is 4. The fraction of sp³-hybridized carbons (Fsp3) is 0.167. The molecular weight excluding hydrogens is 292 g/mol. The second-order valence-corrected chi connectivity index (χ2v) is 5.27. The standard InChI is InChI=1S/C18H16N2O3/c1-13(21)15-9-7-14(8-10-15)11-12-20-18(22)23-17(19-20)16-5-3-2-4-6-16/h2-10H,11-12H2,1H3. The van der Waals surface area contributed by atoms with Gasteiger partial charge in [-0.2, -0.15) is 4.68 Å². The summed E-state index contributed by atoms with van der Waals surface area (Å²) in [6, 6.07) is 16.7. The Hall–Kier alpha value is -2.95. The van der Waals surface area contributed by atoms with Crippen molar-refractivity contribution < 1.29 is 9.21 Å². The molecule has 3 aromatic rings. The Morgan fingerprint density at radius 2 is 1.78 bits per heavy atom. The molecule has 0 aliphatic carbocycles. The van der Waals surface area contributed by atoms with Crippen molar-refractivity contribution in [3.8, 4) is 11.5 Å². The molecule has 0 radical (unpaired) electrons. The van der Waals surface area contributed by atoms with Gasteiger partial charge in [0.1, 0.15) is 0 Å². The normalized spacial score (nSPS) is 10.7. The van der Waals surface area contributed by atoms with Gasteiger partial charge < -0.3 is 4.42 Å². The predicted octanol–water partition coefficient (Wildman–Crippen LogP) is 2.95. The van der Waals surface area contributed by atoms with E-state index in [4.69, 9.17) is 4.42 Å². The van der Waals surface area contributed by atoms with E-state index in [1.54, 1.807) is 12.1 Å². The zero-order chi connectivity index (χ0) is 16.2. The molecule has 0 aliphatic heterocycles. The van der Waals surface area contributed by atoms with Crippen molar-refractivity contribution in [2.45, 2.75) is 19.9 Å². The Morgan fingerprint density at radius 1 is 1.09 bits per heavy atom. The van der Waals surface area contributed by atoms with Crippen LogP contribution in [0.5, 0.6) is 0 Å². The third-order valence-electron chi connectivity index (χ3n) is 3.60. The number of hydrogen-bond donors (Lipinski definition) is 0. The molecule has 0 amide bonds. The third-order valence-corrected chi connectivity index (χ3v) is 3.60. The van der Waals surface area contributed by atoms with E-state index in [1.165, 1.54) is 11.6 Å². The number of aromatic nitrogens is 2. The number of aryl methyl sites for hydroxylation is 2. The van der Waals surface area contributed by atoms with Gasteiger partial charge in [0.15, 0.2) is 5.78 Å². The number of carbonyl (C=O) groups excluding carboxylic acids is 1. The Bertz CT molecular complexity index is 861. The van der Waals surface area contributed by atoms with Crippen LogP contribution in [0.2, 0.25) is 0 Å². The smallest absolute Gasteiger partial charge is 0.388 e. The van der Waals surface area contributed by atoms with E-state index in [1.807, 2.05) is 42.5 Å². The monoisotopic (exact) mass is 308 g/mol. The summed E-state index contributed by atoms with van der Waals surface area (Å²) in [5, 5.41) is 4.22. The third kappa shape index (κ3) is 3.45. The van der Waals surface area contributed by atoms with Gasteiger partial charge in [0.05, 0.1) is 6.54 Å². The Balaban J connectivity index is 1.72. The highest BCUT2D eigenvalue weighted by Crippen LogP contribution is 2.14. The number of benzene rings is 2. The van der Waals surface area contributed by atoms with Gasteiger partial charge in [-0.15, -0.1) is 5.10 Å². The van der Waals surface area contributed by atoms with E-state index in [9.17, 15) is 9.59 Å². The molecule has 116 valence electrons. The fourth-order valence-electron chi connectivity index (χ4n) is 2.29. The Labute approximate surface area is 133 Å². The lowest BCUT2D eigenvalue weighted by Crippen LogP contribution is -2.17. The van der Waals surface area contributed by atoms with E-state index in [0.29, 0.717) is 24.4 Å². The summed E-state index contributed by atoms with van der Waals surface area (Å²) in [4.78, 5) is 23.1. The number of carbonyl (C=O) groups is 1. The lowest BCUT2D eigenvalue weighted by molar-refractivity contribution is 0.101. The maximum atomic E-state index is 11.9. The first kappa shape index (κ1) is 15.0. The molecule has 0 saturated carbocycles. The van der Waals surface area contributed by atoms with Gasteiger partial charge in [-0.3, -0.25) is 4.79 Å². The molecule has 0 bridgehead atoms. The summed E-state index contributed by atoms with van der Waals surface area (Å²) >= 11 is 0. The summed E-state index contributed by atoms with van der Waals surface area (Å²) in [6.07, 6.45) is 0.638. The van der Waals surface area contributed by atoms with Crippen LogP contribution < -0.4 is 5.76 Å². The first-order valence-electron chi connectivity index (χ1n) is 7.37. The summed E-state index contributed by atoms with van der Waals surface area (Å²) in [5.74, 6) is -0.108. The van der Waals surface area contributed by atoms with Crippen LogP contribution >= 0.6 is 0 Å². The van der Waals surface area contributed by atoms with Crippen molar-refractivity contribution >= 4 is 5.78 Å². The molecule has 0 saturated heterocycles. The van der Waals surface area contributed by atoms with E-state index in [0.717, 1.165) is 11.1 Å². The second kappa shape index (κ2) is 6.44. The van der Waals surface area contributed by atoms with Crippen LogP contribution in [0.1, 0.15) is 22.8 Å². The summed E-state index contributed by atoms with van der Waals surface area (Å²) in [7, 11) is 0. The molecule has 3 rings (SSSR count). The molecule has 0 spiro atoms. The molecule has 0 atom stereocenters. The van der Waals surface area contributed by atoms with Crippen molar-refractivity contribution in [3.05, 3.63) is 76.3 Å². The number of nitrogens with zero attached hydrogens (tertiary/aromatic N) is 2. The quantitative estimate of drug-likeness (QED) is 0.680. The van der Waals surface area contributed by atoms with Crippen LogP contribution in [0.25, 0.3) is 11.5 Å². The molecule has 0 aliphatic rings. The van der Waals surface area contributed by atoms with Crippen molar-refractivity contribution in [2.75, 3.05) is 0 Å². The Morgan fingerprint density at radius 3 is 2.43 bits per heavy atom. The second-order valence-electron chi connectivity index (χ2n) is 5.27. The average molecular weight is 308 g/mol. The van der Waals surface area contributed by atoms with Crippen molar-refractivity contribution in [1.82, 2.24) is 9.78 Å². The SMILES string of the molecule is CC(=O)c1ccc(CCn2nc(-c3ccccc3)oc2=O)cc1. The van der Waals surface area contributed by atoms with Crippen molar-refractivity contribution in [2.24, 2.45) is 0 Å². The lowest BCUT2D eigenvalue weighted by Gasteiger charge is -2.01. The summed E-state index contributed by atoms with van der Waals surface area (Å²) in [5.41, 5.74) is 2.49. The largest absolute Gasteiger partial charge is 0.437 e. The van der Waals surface area contributed by atoms with E-state index in [-0.39, 0.29) is 5.78 Å². The van der Waals surface area contributed by atoms with E-state index >= 15 is 0 Å². The molecular formula is C18H16N2O3. The van der Waals surface area contributed by atoms with Crippen molar-refractivity contribution in [3.63, 3.8) is 0 Å². The van der Waals surface area contributed by atoms with Crippen LogP contribution in [-0.2, 0) is 13.0 Å². The Kier molecular flexibility index (Phi) is 4.19. The lowest BCUT2D eigenvalue weighted by atomic mass is 10.1. The minimum atomic E-state index is -0.468. The predicted molar refractivity (Wildman–Crippen MR) is 86.3 cm³/mol. The molecule has 23 heavy (non-hydrogen) atoms. The van der Waals surface area contributed by atoms with Crippen LogP contribution in [0, 0.1) is 0 Å². The highest BCUT2D eigenvalue weighted by Gasteiger charge is 2.09. The highest BCUT2D eigenvalue weighted by molar-refractivity contribution is 5.93. The van der Waals surface area contributed by atoms with E-state index in [2.05, 4.69) is 5.10 Å². The minimum Gasteiger partial charge on any atom is -0.388 e. The van der Waals surface area contributed by atoms with Gasteiger partial charge >= 0.3 is 5.76 Å². The fourth-order valence-corrected chi connectivity index (χ4v) is 2.29. The topological polar surface area (TPSA) is 65.1 Å². The summed E-state index contributed by atoms with van der Waals surface area (Å²) < 4.78 is 6.51. The molecule has 0 unspecified atom stereocenters. The van der Waals surface area contributed by atoms with Gasteiger partial charge in [-0.1, -0.05) is 42.5 Å². The number of rotatable bonds is 5. The maximum Gasteiger partial charge on any atom is 0.437 e. The summed E-state index contributed by atoms with van der Waals surface area (Å²) in [6.45, 7) is 1.96. The van der Waals surface area contributed by atoms with Crippen LogP contribution in [0.15, 0.2) is 63.8 Å². The minimum absolute atomic E-state index is 0.0387. The van der Waals surface area contributed by atoms with Gasteiger partial charge in [0.25, 0.3) is 0 Å². The molecule has 5 nitrogen and oxygen atoms in total. The highest BCUT2D eigenvalue weighted by atomic mass is 16.4. The first-order valence-corrected chi connectivity index (χ1v) is 7.37. The molecule has 2 aromatic carbocycles. The van der Waals surface area contributed by atoms with Crippen molar-refractivity contribution in [1.29, 1.82) is 0 Å². The van der Waals surface area contributed by atoms with Crippen LogP contribution in [0.4, 0.5) is 0 Å². The van der Waals surface area contributed by atoms with Gasteiger partial charge in [0, 0.05) is 11.1 Å². The molecule has 1 aromatic heterocycles. The molecule has 0 N–H and O–H groups in total. The van der Waals surface area contributed by atoms with Gasteiger partial charge in [-0.25, -0.2) is 4.79 Å². The van der Waals surface area contributed by atoms with Crippen LogP contribution in [-0.4, -0.2) is 15.6 Å². The van der Waals surface area contributed by atoms with Crippen LogP contribution in [0.3, 0.4) is 0 Å². The molecule has 0 fully saturated rings. The zero-order valence-corrected chi connectivity index (χ0v) is 12.7. The first-order chi connectivity index (χ1) is 11.1. The average Bonchev–Trinajstić information content (AvgIpc) is 2.95. The zero-order valence-electron chi connectivity index (χ0n) is 12.7. The molecule has 5 heteroatoms. The number of Topliss-reactive ketones (excluding diaryl/α,β-unsaturated/α-hetero) is 1. The maximum absolute atomic E-state index is 11.9. The van der Waals surface area contributed by atoms with Gasteiger partial charge in [0.2, 0.25) is 5.89 Å².